The lowest BCUT2D eigenvalue weighted by Gasteiger charge is -2.12. The molecule has 0 aliphatic rings. The number of carbonyl (C=O) groups excluding carboxylic acids is 2. The van der Waals surface area contributed by atoms with Gasteiger partial charge in [0.05, 0.1) is 6.42 Å². The van der Waals surface area contributed by atoms with Crippen LogP contribution >= 0.6 is 0 Å². The summed E-state index contributed by atoms with van der Waals surface area (Å²) in [7, 11) is 0. The summed E-state index contributed by atoms with van der Waals surface area (Å²) in [5, 5.41) is 10.7. The van der Waals surface area contributed by atoms with E-state index in [0.717, 1.165) is 0 Å². The highest BCUT2D eigenvalue weighted by molar-refractivity contribution is 5.89. The smallest absolute Gasteiger partial charge is 0.305 e. The van der Waals surface area contributed by atoms with Gasteiger partial charge in [0.15, 0.2) is 0 Å². The summed E-state index contributed by atoms with van der Waals surface area (Å²) >= 11 is 0. The number of primary amides is 1. The van der Waals surface area contributed by atoms with Crippen LogP contribution in [0, 0.1) is 0 Å². The zero-order valence-electron chi connectivity index (χ0n) is 7.95. The minimum Gasteiger partial charge on any atom is -0.481 e. The second-order valence-electron chi connectivity index (χ2n) is 2.87. The van der Waals surface area contributed by atoms with Gasteiger partial charge in [0, 0.05) is 6.42 Å². The van der Waals surface area contributed by atoms with Crippen LogP contribution in [0.2, 0.25) is 0 Å². The Morgan fingerprint density at radius 1 is 1.43 bits per heavy atom. The summed E-state index contributed by atoms with van der Waals surface area (Å²) in [5.41, 5.74) is 4.91. The van der Waals surface area contributed by atoms with E-state index in [1.165, 1.54) is 0 Å². The molecule has 0 saturated heterocycles. The van der Waals surface area contributed by atoms with Crippen LogP contribution < -0.4 is 11.1 Å². The topological polar surface area (TPSA) is 109 Å². The predicted molar refractivity (Wildman–Crippen MR) is 48.3 cm³/mol. The maximum Gasteiger partial charge on any atom is 0.305 e. The molecule has 0 heterocycles. The normalized spacial score (nSPS) is 11.8. The van der Waals surface area contributed by atoms with Crippen LogP contribution in [0.15, 0.2) is 0 Å². The van der Waals surface area contributed by atoms with E-state index in [4.69, 9.17) is 10.8 Å². The number of amides is 2. The molecule has 0 aromatic rings. The average molecular weight is 202 g/mol. The Morgan fingerprint density at radius 3 is 2.36 bits per heavy atom. The van der Waals surface area contributed by atoms with Crippen molar-refractivity contribution in [3.05, 3.63) is 0 Å². The second kappa shape index (κ2) is 5.95. The fourth-order valence-corrected chi connectivity index (χ4v) is 0.891. The largest absolute Gasteiger partial charge is 0.481 e. The summed E-state index contributed by atoms with van der Waals surface area (Å²) in [4.78, 5) is 32.0. The average Bonchev–Trinajstić information content (AvgIpc) is 2.02. The van der Waals surface area contributed by atoms with E-state index in [1.54, 1.807) is 6.92 Å². The van der Waals surface area contributed by atoms with Crippen molar-refractivity contribution in [3.63, 3.8) is 0 Å². The van der Waals surface area contributed by atoms with Crippen molar-refractivity contribution in [2.45, 2.75) is 32.2 Å². The Labute approximate surface area is 81.5 Å². The number of carboxylic acid groups (broad SMARTS) is 1. The van der Waals surface area contributed by atoms with Gasteiger partial charge in [-0.25, -0.2) is 0 Å². The van der Waals surface area contributed by atoms with Crippen LogP contribution in [0.1, 0.15) is 26.2 Å². The Hall–Kier alpha value is -1.59. The molecule has 0 aliphatic carbocycles. The standard InChI is InChI=1S/C8H14N2O4/c1-2-3-6(11)10-5(8(9)14)4-7(12)13/h5H,2-4H2,1H3,(H2,9,14)(H,10,11)(H,12,13). The number of nitrogens with one attached hydrogen (secondary N) is 1. The third kappa shape index (κ3) is 5.13. The molecule has 0 aliphatic heterocycles. The molecule has 2 amide bonds. The number of rotatable bonds is 6. The first kappa shape index (κ1) is 12.4. The molecule has 0 radical (unpaired) electrons. The van der Waals surface area contributed by atoms with E-state index < -0.39 is 24.3 Å². The van der Waals surface area contributed by atoms with Crippen LogP contribution in [0.4, 0.5) is 0 Å². The van der Waals surface area contributed by atoms with Gasteiger partial charge in [-0.1, -0.05) is 6.92 Å². The highest BCUT2D eigenvalue weighted by Crippen LogP contribution is 1.94. The van der Waals surface area contributed by atoms with Crippen LogP contribution in [0.25, 0.3) is 0 Å². The van der Waals surface area contributed by atoms with Gasteiger partial charge in [0.1, 0.15) is 6.04 Å². The van der Waals surface area contributed by atoms with Gasteiger partial charge in [-0.15, -0.1) is 0 Å². The van der Waals surface area contributed by atoms with E-state index in [-0.39, 0.29) is 12.3 Å². The molecule has 0 aromatic carbocycles. The molecule has 0 spiro atoms. The zero-order valence-corrected chi connectivity index (χ0v) is 7.95. The number of aliphatic carboxylic acids is 1. The van der Waals surface area contributed by atoms with E-state index in [0.29, 0.717) is 6.42 Å². The Balaban J connectivity index is 4.16. The summed E-state index contributed by atoms with van der Waals surface area (Å²) in [6.07, 6.45) is 0.401. The fourth-order valence-electron chi connectivity index (χ4n) is 0.891. The van der Waals surface area contributed by atoms with Gasteiger partial charge in [0.25, 0.3) is 0 Å². The van der Waals surface area contributed by atoms with Gasteiger partial charge in [-0.3, -0.25) is 14.4 Å². The lowest BCUT2D eigenvalue weighted by atomic mass is 10.2. The van der Waals surface area contributed by atoms with E-state index in [1.807, 2.05) is 0 Å². The molecule has 0 aromatic heterocycles. The highest BCUT2D eigenvalue weighted by Gasteiger charge is 2.20. The molecule has 0 rings (SSSR count). The maximum atomic E-state index is 11.0. The molecule has 6 heteroatoms. The molecule has 0 fully saturated rings. The molecule has 14 heavy (non-hydrogen) atoms. The molecular weight excluding hydrogens is 188 g/mol. The Morgan fingerprint density at radius 2 is 2.00 bits per heavy atom. The van der Waals surface area contributed by atoms with Crippen molar-refractivity contribution in [1.82, 2.24) is 5.32 Å². The molecular formula is C8H14N2O4. The first-order valence-corrected chi connectivity index (χ1v) is 4.27. The quantitative estimate of drug-likeness (QED) is 0.525. The molecule has 6 nitrogen and oxygen atoms in total. The van der Waals surface area contributed by atoms with Gasteiger partial charge in [-0.2, -0.15) is 0 Å². The third-order valence-corrected chi connectivity index (χ3v) is 1.53. The zero-order chi connectivity index (χ0) is 11.1. The minimum absolute atomic E-state index is 0.253. The van der Waals surface area contributed by atoms with Gasteiger partial charge >= 0.3 is 5.97 Å². The molecule has 80 valence electrons. The highest BCUT2D eigenvalue weighted by atomic mass is 16.4. The van der Waals surface area contributed by atoms with Crippen LogP contribution in [0.3, 0.4) is 0 Å². The first-order chi connectivity index (χ1) is 6.47. The lowest BCUT2D eigenvalue weighted by Crippen LogP contribution is -2.45. The summed E-state index contributed by atoms with van der Waals surface area (Å²) in [6.45, 7) is 1.80. The predicted octanol–water partition coefficient (Wildman–Crippen LogP) is -0.769. The van der Waals surface area contributed by atoms with Crippen LogP contribution in [-0.2, 0) is 14.4 Å². The molecule has 1 unspecified atom stereocenters. The van der Waals surface area contributed by atoms with Gasteiger partial charge < -0.3 is 16.2 Å². The Bertz CT molecular complexity index is 239. The van der Waals surface area contributed by atoms with Crippen molar-refractivity contribution >= 4 is 17.8 Å². The fraction of sp³-hybridized carbons (Fsp3) is 0.625. The molecule has 0 saturated carbocycles. The van der Waals surface area contributed by atoms with Crippen LogP contribution in [-0.4, -0.2) is 28.9 Å². The van der Waals surface area contributed by atoms with E-state index in [9.17, 15) is 14.4 Å². The maximum absolute atomic E-state index is 11.0. The number of hydrogen-bond donors (Lipinski definition) is 3. The summed E-state index contributed by atoms with van der Waals surface area (Å²) < 4.78 is 0. The van der Waals surface area contributed by atoms with Crippen LogP contribution in [0.5, 0.6) is 0 Å². The number of carbonyl (C=O) groups is 3. The lowest BCUT2D eigenvalue weighted by molar-refractivity contribution is -0.140. The summed E-state index contributed by atoms with van der Waals surface area (Å²) in [6, 6.07) is -1.12. The monoisotopic (exact) mass is 202 g/mol. The SMILES string of the molecule is CCCC(=O)NC(CC(=O)O)C(N)=O. The number of hydrogen-bond acceptors (Lipinski definition) is 3. The molecule has 0 bridgehead atoms. The number of carboxylic acids is 1. The van der Waals surface area contributed by atoms with Crippen molar-refractivity contribution in [2.75, 3.05) is 0 Å². The van der Waals surface area contributed by atoms with Crippen molar-refractivity contribution in [2.24, 2.45) is 5.73 Å². The van der Waals surface area contributed by atoms with E-state index >= 15 is 0 Å². The van der Waals surface area contributed by atoms with Gasteiger partial charge in [-0.05, 0) is 6.42 Å². The summed E-state index contributed by atoms with van der Waals surface area (Å²) in [5.74, 6) is -2.37. The van der Waals surface area contributed by atoms with E-state index in [2.05, 4.69) is 5.32 Å². The number of nitrogens with two attached hydrogens (primary N) is 1. The Kier molecular flexibility index (Phi) is 5.28. The minimum atomic E-state index is -1.18. The first-order valence-electron chi connectivity index (χ1n) is 4.27. The molecule has 4 N–H and O–H groups in total. The third-order valence-electron chi connectivity index (χ3n) is 1.53. The van der Waals surface area contributed by atoms with Crippen molar-refractivity contribution in [1.29, 1.82) is 0 Å². The van der Waals surface area contributed by atoms with Gasteiger partial charge in [0.2, 0.25) is 11.8 Å². The second-order valence-corrected chi connectivity index (χ2v) is 2.87. The van der Waals surface area contributed by atoms with Crippen molar-refractivity contribution in [3.8, 4) is 0 Å². The molecule has 1 atom stereocenters. The van der Waals surface area contributed by atoms with Crippen molar-refractivity contribution < 1.29 is 19.5 Å².